The van der Waals surface area contributed by atoms with Crippen molar-refractivity contribution < 1.29 is 22.7 Å². The third kappa shape index (κ3) is 4.11. The molecule has 0 saturated carbocycles. The fourth-order valence-corrected chi connectivity index (χ4v) is 2.94. The Bertz CT molecular complexity index is 768. The quantitative estimate of drug-likeness (QED) is 0.872. The molecule has 1 aliphatic rings. The largest absolute Gasteiger partial charge is 0.434 e. The third-order valence-electron chi connectivity index (χ3n) is 4.09. The second-order valence-corrected chi connectivity index (χ2v) is 5.68. The van der Waals surface area contributed by atoms with Crippen molar-refractivity contribution >= 4 is 5.91 Å². The number of alkyl halides is 2. The zero-order valence-electron chi connectivity index (χ0n) is 13.3. The van der Waals surface area contributed by atoms with Crippen LogP contribution in [0, 0.1) is 5.82 Å². The van der Waals surface area contributed by atoms with E-state index >= 15 is 0 Å². The molecule has 4 nitrogen and oxygen atoms in total. The van der Waals surface area contributed by atoms with Crippen LogP contribution in [0.4, 0.5) is 13.2 Å². The van der Waals surface area contributed by atoms with Crippen LogP contribution in [0.3, 0.4) is 0 Å². The Hall–Kier alpha value is -2.54. The van der Waals surface area contributed by atoms with Gasteiger partial charge in [-0.2, -0.15) is 8.78 Å². The Morgan fingerprint density at radius 2 is 2.08 bits per heavy atom. The molecule has 0 aliphatic carbocycles. The molecular weight excluding hydrogens is 333 g/mol. The van der Waals surface area contributed by atoms with E-state index in [4.69, 9.17) is 0 Å². The highest BCUT2D eigenvalue weighted by atomic mass is 19.3. The van der Waals surface area contributed by atoms with Crippen LogP contribution in [-0.4, -0.2) is 25.6 Å². The Morgan fingerprint density at radius 3 is 2.88 bits per heavy atom. The summed E-state index contributed by atoms with van der Waals surface area (Å²) in [4.78, 5) is 12.3. The second-order valence-electron chi connectivity index (χ2n) is 5.68. The van der Waals surface area contributed by atoms with Crippen molar-refractivity contribution in [3.05, 3.63) is 65.0 Å². The molecule has 25 heavy (non-hydrogen) atoms. The number of ether oxygens (including phenoxy) is 1. The monoisotopic (exact) mass is 350 g/mol. The van der Waals surface area contributed by atoms with Crippen molar-refractivity contribution in [2.75, 3.05) is 13.1 Å². The smallest absolute Gasteiger partial charge is 0.387 e. The van der Waals surface area contributed by atoms with Crippen molar-refractivity contribution in [2.24, 2.45) is 0 Å². The van der Waals surface area contributed by atoms with Gasteiger partial charge in [0.25, 0.3) is 5.91 Å². The van der Waals surface area contributed by atoms with Gasteiger partial charge in [-0.1, -0.05) is 24.3 Å². The summed E-state index contributed by atoms with van der Waals surface area (Å²) in [5.74, 6) is -1.83. The van der Waals surface area contributed by atoms with E-state index in [1.807, 2.05) is 24.3 Å². The molecule has 0 radical (unpaired) electrons. The van der Waals surface area contributed by atoms with Gasteiger partial charge in [0, 0.05) is 18.7 Å². The number of hydrogen-bond donors (Lipinski definition) is 2. The number of hydrogen-bond acceptors (Lipinski definition) is 3. The van der Waals surface area contributed by atoms with Crippen LogP contribution in [0.2, 0.25) is 0 Å². The van der Waals surface area contributed by atoms with Gasteiger partial charge in [0.15, 0.2) is 0 Å². The van der Waals surface area contributed by atoms with Gasteiger partial charge in [0.05, 0.1) is 5.56 Å². The molecule has 0 aromatic heterocycles. The van der Waals surface area contributed by atoms with Crippen molar-refractivity contribution in [1.29, 1.82) is 0 Å². The number of fused-ring (bicyclic) bond motifs is 1. The molecule has 1 aliphatic heterocycles. The SMILES string of the molecule is O=C(NCC1NCCc2ccccc21)c1ccc(F)cc1OC(F)F. The first-order chi connectivity index (χ1) is 12.0. The minimum atomic E-state index is -3.14. The molecular formula is C18H17F3N2O2. The van der Waals surface area contributed by atoms with Crippen molar-refractivity contribution in [3.63, 3.8) is 0 Å². The van der Waals surface area contributed by atoms with Gasteiger partial charge in [-0.05, 0) is 36.2 Å². The van der Waals surface area contributed by atoms with Crippen molar-refractivity contribution in [2.45, 2.75) is 19.1 Å². The average molecular weight is 350 g/mol. The second kappa shape index (κ2) is 7.57. The lowest BCUT2D eigenvalue weighted by molar-refractivity contribution is -0.0503. The van der Waals surface area contributed by atoms with Gasteiger partial charge >= 0.3 is 6.61 Å². The molecule has 132 valence electrons. The number of carbonyl (C=O) groups is 1. The topological polar surface area (TPSA) is 50.4 Å². The van der Waals surface area contributed by atoms with E-state index in [2.05, 4.69) is 15.4 Å². The molecule has 0 saturated heterocycles. The first kappa shape index (κ1) is 17.3. The number of benzene rings is 2. The minimum absolute atomic E-state index is 0.0752. The van der Waals surface area contributed by atoms with E-state index in [9.17, 15) is 18.0 Å². The van der Waals surface area contributed by atoms with E-state index in [0.29, 0.717) is 0 Å². The van der Waals surface area contributed by atoms with Crippen molar-refractivity contribution in [3.8, 4) is 5.75 Å². The molecule has 0 bridgehead atoms. The van der Waals surface area contributed by atoms with E-state index in [-0.39, 0.29) is 18.2 Å². The van der Waals surface area contributed by atoms with Gasteiger partial charge in [-0.3, -0.25) is 4.79 Å². The highest BCUT2D eigenvalue weighted by Crippen LogP contribution is 2.24. The van der Waals surface area contributed by atoms with E-state index < -0.39 is 24.1 Å². The molecule has 1 atom stereocenters. The van der Waals surface area contributed by atoms with Crippen LogP contribution in [0.1, 0.15) is 27.5 Å². The van der Waals surface area contributed by atoms with E-state index in [1.165, 1.54) is 5.56 Å². The molecule has 2 aromatic rings. The lowest BCUT2D eigenvalue weighted by Crippen LogP contribution is -2.39. The van der Waals surface area contributed by atoms with Crippen LogP contribution < -0.4 is 15.4 Å². The molecule has 7 heteroatoms. The van der Waals surface area contributed by atoms with Gasteiger partial charge < -0.3 is 15.4 Å². The molecule has 3 rings (SSSR count). The summed E-state index contributed by atoms with van der Waals surface area (Å²) in [7, 11) is 0. The van der Waals surface area contributed by atoms with E-state index in [0.717, 1.165) is 36.7 Å². The van der Waals surface area contributed by atoms with Crippen molar-refractivity contribution in [1.82, 2.24) is 10.6 Å². The molecule has 2 aromatic carbocycles. The van der Waals surface area contributed by atoms with E-state index in [1.54, 1.807) is 0 Å². The minimum Gasteiger partial charge on any atom is -0.434 e. The number of nitrogens with one attached hydrogen (secondary N) is 2. The fourth-order valence-electron chi connectivity index (χ4n) is 2.94. The number of rotatable bonds is 5. The lowest BCUT2D eigenvalue weighted by Gasteiger charge is -2.27. The Balaban J connectivity index is 1.72. The van der Waals surface area contributed by atoms with Crippen LogP contribution in [0.15, 0.2) is 42.5 Å². The lowest BCUT2D eigenvalue weighted by atomic mass is 9.94. The van der Waals surface area contributed by atoms with Gasteiger partial charge in [-0.15, -0.1) is 0 Å². The normalized spacial score (nSPS) is 16.4. The zero-order valence-corrected chi connectivity index (χ0v) is 13.3. The summed E-state index contributed by atoms with van der Waals surface area (Å²) in [6.45, 7) is -2.07. The maximum Gasteiger partial charge on any atom is 0.387 e. The molecule has 1 heterocycles. The van der Waals surface area contributed by atoms with Crippen LogP contribution in [0.25, 0.3) is 0 Å². The van der Waals surface area contributed by atoms with Crippen LogP contribution in [0.5, 0.6) is 5.75 Å². The Kier molecular flexibility index (Phi) is 5.23. The maximum absolute atomic E-state index is 13.2. The number of amides is 1. The molecule has 0 spiro atoms. The summed E-state index contributed by atoms with van der Waals surface area (Å²) in [6.07, 6.45) is 0.908. The summed E-state index contributed by atoms with van der Waals surface area (Å²) >= 11 is 0. The summed E-state index contributed by atoms with van der Waals surface area (Å²) in [5, 5.41) is 6.01. The Morgan fingerprint density at radius 1 is 1.28 bits per heavy atom. The maximum atomic E-state index is 13.2. The molecule has 2 N–H and O–H groups in total. The molecule has 0 fully saturated rings. The zero-order chi connectivity index (χ0) is 17.8. The summed E-state index contributed by atoms with van der Waals surface area (Å²) in [5.41, 5.74) is 2.17. The van der Waals surface area contributed by atoms with Gasteiger partial charge in [-0.25, -0.2) is 4.39 Å². The average Bonchev–Trinajstić information content (AvgIpc) is 2.59. The van der Waals surface area contributed by atoms with Gasteiger partial charge in [0.2, 0.25) is 0 Å². The standard InChI is InChI=1S/C18H17F3N2O2/c19-12-5-6-14(16(9-12)25-18(20)21)17(24)23-10-15-13-4-2-1-3-11(13)7-8-22-15/h1-6,9,15,18,22H,7-8,10H2,(H,23,24). The Labute approximate surface area is 143 Å². The molecule has 1 amide bonds. The van der Waals surface area contributed by atoms with Crippen LogP contribution in [-0.2, 0) is 6.42 Å². The first-order valence-electron chi connectivity index (χ1n) is 7.88. The summed E-state index contributed by atoms with van der Waals surface area (Å²) < 4.78 is 42.4. The number of carbonyl (C=O) groups excluding carboxylic acids is 1. The first-order valence-corrected chi connectivity index (χ1v) is 7.88. The van der Waals surface area contributed by atoms with Crippen LogP contribution >= 0.6 is 0 Å². The predicted octanol–water partition coefficient (Wildman–Crippen LogP) is 3.04. The number of halogens is 3. The summed E-state index contributed by atoms with van der Waals surface area (Å²) in [6, 6.07) is 10.8. The fraction of sp³-hybridized carbons (Fsp3) is 0.278. The van der Waals surface area contributed by atoms with Gasteiger partial charge in [0.1, 0.15) is 11.6 Å². The highest BCUT2D eigenvalue weighted by molar-refractivity contribution is 5.96. The highest BCUT2D eigenvalue weighted by Gasteiger charge is 2.21. The predicted molar refractivity (Wildman–Crippen MR) is 86.3 cm³/mol. The molecule has 1 unspecified atom stereocenters. The third-order valence-corrected chi connectivity index (χ3v) is 4.09.